The molecule has 1 atom stereocenters. The first-order chi connectivity index (χ1) is 15.3. The lowest BCUT2D eigenvalue weighted by molar-refractivity contribution is 0.0697. The highest BCUT2D eigenvalue weighted by molar-refractivity contribution is 6.75. The topological polar surface area (TPSA) is 76.0 Å². The van der Waals surface area contributed by atoms with Gasteiger partial charge in [-0.25, -0.2) is 4.79 Å². The zero-order valence-corrected chi connectivity index (χ0v) is 24.7. The molecular weight excluding hydrogens is 460 g/mol. The molecule has 34 heavy (non-hydrogen) atoms. The Hall–Kier alpha value is -2.10. The van der Waals surface area contributed by atoms with Crippen LogP contribution in [0.2, 0.25) is 36.3 Å². The van der Waals surface area contributed by atoms with E-state index in [0.717, 1.165) is 0 Å². The zero-order chi connectivity index (χ0) is 26.3. The molecule has 0 aliphatic rings. The van der Waals surface area contributed by atoms with Crippen molar-refractivity contribution in [2.24, 2.45) is 0 Å². The van der Waals surface area contributed by atoms with Gasteiger partial charge in [0, 0.05) is 0 Å². The molecule has 0 saturated carbocycles. The highest BCUT2D eigenvalue weighted by atomic mass is 28.4. The third-order valence-corrected chi connectivity index (χ3v) is 16.1. The molecule has 0 fully saturated rings. The molecule has 1 unspecified atom stereocenters. The second-order valence-electron chi connectivity index (χ2n) is 12.2. The number of aliphatic hydroxyl groups excluding tert-OH is 1. The number of aliphatic hydroxyl groups is 1. The van der Waals surface area contributed by atoms with Crippen LogP contribution in [0.3, 0.4) is 0 Å². The van der Waals surface area contributed by atoms with Gasteiger partial charge in [-0.15, -0.1) is 0 Å². The summed E-state index contributed by atoms with van der Waals surface area (Å²) in [5.74, 6) is 0.221. The summed E-state index contributed by atoms with van der Waals surface area (Å²) >= 11 is 0. The van der Waals surface area contributed by atoms with E-state index in [1.165, 1.54) is 0 Å². The Balaban J connectivity index is 2.57. The predicted octanol–water partition coefficient (Wildman–Crippen LogP) is 7.87. The van der Waals surface area contributed by atoms with Gasteiger partial charge in [0.05, 0.1) is 11.7 Å². The van der Waals surface area contributed by atoms with Gasteiger partial charge in [-0.2, -0.15) is 0 Å². The van der Waals surface area contributed by atoms with E-state index >= 15 is 0 Å². The van der Waals surface area contributed by atoms with E-state index in [4.69, 9.17) is 8.85 Å². The molecule has 0 aromatic heterocycles. The van der Waals surface area contributed by atoms with Crippen molar-refractivity contribution in [3.63, 3.8) is 0 Å². The van der Waals surface area contributed by atoms with Crippen LogP contribution in [0.1, 0.15) is 70.5 Å². The molecule has 0 spiro atoms. The third-order valence-electron chi connectivity index (χ3n) is 7.34. The maximum atomic E-state index is 12.2. The number of carboxylic acids is 1. The highest BCUT2D eigenvalue weighted by Crippen LogP contribution is 2.41. The van der Waals surface area contributed by atoms with Crippen molar-refractivity contribution in [3.8, 4) is 22.6 Å². The monoisotopic (exact) mass is 502 g/mol. The van der Waals surface area contributed by atoms with Gasteiger partial charge in [-0.1, -0.05) is 47.6 Å². The summed E-state index contributed by atoms with van der Waals surface area (Å²) < 4.78 is 12.8. The average molecular weight is 503 g/mol. The fourth-order valence-electron chi connectivity index (χ4n) is 3.09. The van der Waals surface area contributed by atoms with Crippen molar-refractivity contribution >= 4 is 22.6 Å². The highest BCUT2D eigenvalue weighted by Gasteiger charge is 2.40. The Morgan fingerprint density at radius 2 is 1.21 bits per heavy atom. The molecule has 0 aliphatic heterocycles. The van der Waals surface area contributed by atoms with Gasteiger partial charge in [0.2, 0.25) is 16.6 Å². The summed E-state index contributed by atoms with van der Waals surface area (Å²) in [6.45, 7) is 23.3. The van der Waals surface area contributed by atoms with Crippen LogP contribution in [0.25, 0.3) is 11.1 Å². The maximum absolute atomic E-state index is 12.2. The van der Waals surface area contributed by atoms with Crippen molar-refractivity contribution in [1.82, 2.24) is 0 Å². The molecule has 7 heteroatoms. The van der Waals surface area contributed by atoms with Crippen LogP contribution in [0, 0.1) is 0 Å². The molecule has 0 radical (unpaired) electrons. The van der Waals surface area contributed by atoms with Crippen molar-refractivity contribution in [3.05, 3.63) is 47.5 Å². The molecular formula is C27H42O5Si2. The minimum Gasteiger partial charge on any atom is -0.543 e. The number of hydrogen-bond donors (Lipinski definition) is 2. The van der Waals surface area contributed by atoms with E-state index in [9.17, 15) is 15.0 Å². The molecule has 2 aromatic rings. The Morgan fingerprint density at radius 3 is 1.59 bits per heavy atom. The maximum Gasteiger partial charge on any atom is 0.336 e. The molecule has 5 nitrogen and oxygen atoms in total. The number of carboxylic acid groups (broad SMARTS) is 1. The molecule has 0 aliphatic carbocycles. The van der Waals surface area contributed by atoms with Gasteiger partial charge in [-0.3, -0.25) is 0 Å². The predicted molar refractivity (Wildman–Crippen MR) is 145 cm³/mol. The lowest BCUT2D eigenvalue weighted by Crippen LogP contribution is -2.43. The largest absolute Gasteiger partial charge is 0.543 e. The Labute approximate surface area is 207 Å². The molecule has 0 heterocycles. The first kappa shape index (κ1) is 28.1. The standard InChI is InChI=1S/C27H42O5Si2/c1-18(28)23-16-19(31-33(8,9)26(2,3)4)12-14-21(23)22-15-13-20(17-24(22)25(29)30)32-34(10,11)27(5,6)7/h12-18,28H,1-11H3,(H,29,30). The van der Waals surface area contributed by atoms with Crippen LogP contribution in [0.4, 0.5) is 0 Å². The zero-order valence-electron chi connectivity index (χ0n) is 22.7. The van der Waals surface area contributed by atoms with Gasteiger partial charge < -0.3 is 19.1 Å². The normalized spacial score (nSPS) is 14.0. The molecule has 2 N–H and O–H groups in total. The van der Waals surface area contributed by atoms with E-state index in [1.807, 2.05) is 24.3 Å². The van der Waals surface area contributed by atoms with Crippen molar-refractivity contribution in [2.75, 3.05) is 0 Å². The SMILES string of the molecule is CC(O)c1cc(O[Si](C)(C)C(C)(C)C)ccc1-c1ccc(O[Si](C)(C)C(C)(C)C)cc1C(=O)O. The second-order valence-corrected chi connectivity index (χ2v) is 21.6. The van der Waals surface area contributed by atoms with E-state index in [2.05, 4.69) is 67.7 Å². The van der Waals surface area contributed by atoms with Crippen molar-refractivity contribution < 1.29 is 23.9 Å². The quantitative estimate of drug-likeness (QED) is 0.377. The first-order valence-corrected chi connectivity index (χ1v) is 17.7. The minimum absolute atomic E-state index is 0.00543. The lowest BCUT2D eigenvalue weighted by Gasteiger charge is -2.37. The van der Waals surface area contributed by atoms with E-state index in [1.54, 1.807) is 19.1 Å². The molecule has 0 amide bonds. The summed E-state index contributed by atoms with van der Waals surface area (Å²) in [5, 5.41) is 20.6. The molecule has 0 saturated heterocycles. The van der Waals surface area contributed by atoms with Crippen molar-refractivity contribution in [1.29, 1.82) is 0 Å². The number of hydrogen-bond acceptors (Lipinski definition) is 4. The molecule has 188 valence electrons. The Kier molecular flexibility index (Phi) is 7.87. The van der Waals surface area contributed by atoms with E-state index in [-0.39, 0.29) is 15.6 Å². The summed E-state index contributed by atoms with van der Waals surface area (Å²) in [4.78, 5) is 12.2. The van der Waals surface area contributed by atoms with Crippen molar-refractivity contribution in [2.45, 2.75) is 90.8 Å². The average Bonchev–Trinajstić information content (AvgIpc) is 2.65. The molecule has 0 bridgehead atoms. The number of aromatic carboxylic acids is 1. The van der Waals surface area contributed by atoms with Crippen LogP contribution in [0.15, 0.2) is 36.4 Å². The minimum atomic E-state index is -2.12. The summed E-state index contributed by atoms with van der Waals surface area (Å²) in [7, 11) is -4.18. The number of benzene rings is 2. The Morgan fingerprint density at radius 1 is 0.794 bits per heavy atom. The van der Waals surface area contributed by atoms with Gasteiger partial charge >= 0.3 is 5.97 Å². The van der Waals surface area contributed by atoms with E-state index in [0.29, 0.717) is 28.2 Å². The fraction of sp³-hybridized carbons (Fsp3) is 0.519. The van der Waals surface area contributed by atoms with Gasteiger partial charge in [0.25, 0.3) is 0 Å². The van der Waals surface area contributed by atoms with Crippen LogP contribution in [0.5, 0.6) is 11.5 Å². The fourth-order valence-corrected chi connectivity index (χ4v) is 5.13. The smallest absolute Gasteiger partial charge is 0.336 e. The van der Waals surface area contributed by atoms with Crippen LogP contribution in [-0.4, -0.2) is 32.8 Å². The van der Waals surface area contributed by atoms with Crippen LogP contribution < -0.4 is 8.85 Å². The second kappa shape index (κ2) is 9.51. The van der Waals surface area contributed by atoms with E-state index < -0.39 is 28.7 Å². The van der Waals surface area contributed by atoms with Gasteiger partial charge in [0.1, 0.15) is 11.5 Å². The van der Waals surface area contributed by atoms with Gasteiger partial charge in [0.15, 0.2) is 0 Å². The lowest BCUT2D eigenvalue weighted by atomic mass is 9.93. The number of carbonyl (C=O) groups is 1. The molecule has 2 rings (SSSR count). The number of rotatable bonds is 7. The van der Waals surface area contributed by atoms with Gasteiger partial charge in [-0.05, 0) is 90.2 Å². The van der Waals surface area contributed by atoms with Crippen LogP contribution >= 0.6 is 0 Å². The first-order valence-electron chi connectivity index (χ1n) is 11.8. The summed E-state index contributed by atoms with van der Waals surface area (Å²) in [6.07, 6.45) is -0.789. The summed E-state index contributed by atoms with van der Waals surface area (Å²) in [6, 6.07) is 10.8. The Bertz CT molecular complexity index is 1040. The van der Waals surface area contributed by atoms with Crippen LogP contribution in [-0.2, 0) is 0 Å². The molecule has 2 aromatic carbocycles. The summed E-state index contributed by atoms with van der Waals surface area (Å²) in [5.41, 5.74) is 2.01. The third kappa shape index (κ3) is 6.12.